The average molecular weight is 296 g/mol. The van der Waals surface area contributed by atoms with Crippen LogP contribution < -0.4 is 0 Å². The maximum atomic E-state index is 12.7. The third kappa shape index (κ3) is 2.92. The standard InChI is InChI=1S/C15H28N4O2/c1-10(2)12-14(20)16(5)8-19-9-18(12)7-17(6)15(21)13(19)11(3)4/h10-13H,7-9H2,1-6H3/t12-,13+. The lowest BCUT2D eigenvalue weighted by Gasteiger charge is -2.34. The number of carbonyl (C=O) groups is 2. The van der Waals surface area contributed by atoms with Gasteiger partial charge in [-0.2, -0.15) is 0 Å². The van der Waals surface area contributed by atoms with Gasteiger partial charge in [0.1, 0.15) is 0 Å². The first-order valence-electron chi connectivity index (χ1n) is 7.72. The van der Waals surface area contributed by atoms with E-state index in [0.29, 0.717) is 20.0 Å². The molecule has 2 bridgehead atoms. The largest absolute Gasteiger partial charge is 0.331 e. The maximum Gasteiger partial charge on any atom is 0.241 e. The summed E-state index contributed by atoms with van der Waals surface area (Å²) in [7, 11) is 3.67. The Morgan fingerprint density at radius 3 is 1.38 bits per heavy atom. The number of nitrogens with zero attached hydrogens (tertiary/aromatic N) is 4. The number of carbonyl (C=O) groups excluding carboxylic acids is 2. The van der Waals surface area contributed by atoms with E-state index in [4.69, 9.17) is 0 Å². The average Bonchev–Trinajstić information content (AvgIpc) is 2.54. The first-order chi connectivity index (χ1) is 9.73. The van der Waals surface area contributed by atoms with Crippen LogP contribution >= 0.6 is 0 Å². The van der Waals surface area contributed by atoms with Crippen molar-refractivity contribution in [1.29, 1.82) is 0 Å². The van der Waals surface area contributed by atoms with Gasteiger partial charge in [0.05, 0.1) is 32.1 Å². The summed E-state index contributed by atoms with van der Waals surface area (Å²) in [5.41, 5.74) is 0. The predicted molar refractivity (Wildman–Crippen MR) is 81.1 cm³/mol. The van der Waals surface area contributed by atoms with Gasteiger partial charge in [0, 0.05) is 14.1 Å². The van der Waals surface area contributed by atoms with Crippen molar-refractivity contribution in [2.24, 2.45) is 11.8 Å². The van der Waals surface area contributed by atoms with E-state index in [0.717, 1.165) is 0 Å². The highest BCUT2D eigenvalue weighted by Gasteiger charge is 2.43. The second-order valence-corrected chi connectivity index (χ2v) is 7.05. The summed E-state index contributed by atoms with van der Waals surface area (Å²) in [6, 6.07) is -0.331. The Balaban J connectivity index is 2.41. The van der Waals surface area contributed by atoms with Crippen molar-refractivity contribution in [3.8, 4) is 0 Å². The molecule has 2 heterocycles. The van der Waals surface area contributed by atoms with Crippen molar-refractivity contribution in [3.05, 3.63) is 0 Å². The Morgan fingerprint density at radius 1 is 0.762 bits per heavy atom. The van der Waals surface area contributed by atoms with Crippen LogP contribution in [0.3, 0.4) is 0 Å². The van der Waals surface area contributed by atoms with Crippen molar-refractivity contribution in [3.63, 3.8) is 0 Å². The molecule has 0 radical (unpaired) electrons. The summed E-state index contributed by atoms with van der Waals surface area (Å²) in [6.45, 7) is 9.97. The van der Waals surface area contributed by atoms with E-state index in [-0.39, 0.29) is 35.7 Å². The van der Waals surface area contributed by atoms with Crippen molar-refractivity contribution < 1.29 is 9.59 Å². The van der Waals surface area contributed by atoms with Crippen LogP contribution in [0.1, 0.15) is 27.7 Å². The first kappa shape index (κ1) is 16.2. The number of fused-ring (bicyclic) bond motifs is 2. The predicted octanol–water partition coefficient (Wildman–Crippen LogP) is 0.456. The van der Waals surface area contributed by atoms with Crippen LogP contribution in [0, 0.1) is 11.8 Å². The molecule has 0 spiro atoms. The van der Waals surface area contributed by atoms with Gasteiger partial charge in [0.15, 0.2) is 0 Å². The Hall–Kier alpha value is -1.14. The minimum absolute atomic E-state index is 0.151. The SMILES string of the molecule is CC(C)[C@H]1C(=O)N(C)CN2CN1CN(C)C(=O)[C@H]2C(C)C. The Bertz CT molecular complexity index is 386. The molecule has 0 aliphatic carbocycles. The number of rotatable bonds is 2. The fourth-order valence-electron chi connectivity index (χ4n) is 3.54. The maximum absolute atomic E-state index is 12.7. The number of hydrogen-bond acceptors (Lipinski definition) is 4. The lowest BCUT2D eigenvalue weighted by atomic mass is 10.0. The van der Waals surface area contributed by atoms with Crippen LogP contribution in [-0.4, -0.2) is 77.6 Å². The van der Waals surface area contributed by atoms with E-state index in [2.05, 4.69) is 37.5 Å². The van der Waals surface area contributed by atoms with Crippen molar-refractivity contribution in [2.75, 3.05) is 34.1 Å². The molecule has 0 N–H and O–H groups in total. The Kier molecular flexibility index (Phi) is 4.58. The van der Waals surface area contributed by atoms with E-state index in [9.17, 15) is 9.59 Å². The number of likely N-dealkylation sites (N-methyl/N-ethyl adjacent to an activating group) is 2. The second-order valence-electron chi connectivity index (χ2n) is 7.05. The van der Waals surface area contributed by atoms with Crippen molar-refractivity contribution >= 4 is 11.8 Å². The summed E-state index contributed by atoms with van der Waals surface area (Å²) >= 11 is 0. The molecular weight excluding hydrogens is 268 g/mol. The van der Waals surface area contributed by atoms with Gasteiger partial charge in [0.2, 0.25) is 11.8 Å². The van der Waals surface area contributed by atoms with Crippen LogP contribution in [0.15, 0.2) is 0 Å². The fourth-order valence-corrected chi connectivity index (χ4v) is 3.54. The highest BCUT2D eigenvalue weighted by Crippen LogP contribution is 2.25. The molecule has 21 heavy (non-hydrogen) atoms. The van der Waals surface area contributed by atoms with Gasteiger partial charge in [-0.05, 0) is 11.8 Å². The van der Waals surface area contributed by atoms with Crippen LogP contribution in [0.4, 0.5) is 0 Å². The molecule has 0 aromatic heterocycles. The Labute approximate surface area is 127 Å². The smallest absolute Gasteiger partial charge is 0.241 e. The molecule has 0 aromatic carbocycles. The third-order valence-electron chi connectivity index (χ3n) is 4.46. The molecule has 6 heteroatoms. The minimum Gasteiger partial charge on any atom is -0.331 e. The van der Waals surface area contributed by atoms with Crippen LogP contribution in [0.2, 0.25) is 0 Å². The minimum atomic E-state index is -0.166. The molecule has 2 fully saturated rings. The van der Waals surface area contributed by atoms with E-state index < -0.39 is 0 Å². The van der Waals surface area contributed by atoms with Gasteiger partial charge in [-0.3, -0.25) is 19.4 Å². The zero-order valence-corrected chi connectivity index (χ0v) is 14.0. The van der Waals surface area contributed by atoms with E-state index >= 15 is 0 Å². The lowest BCUT2D eigenvalue weighted by molar-refractivity contribution is -0.143. The molecule has 2 unspecified atom stereocenters. The molecule has 2 amide bonds. The molecule has 6 nitrogen and oxygen atoms in total. The van der Waals surface area contributed by atoms with Gasteiger partial charge in [-0.15, -0.1) is 0 Å². The molecule has 0 aromatic rings. The topological polar surface area (TPSA) is 47.1 Å². The molecule has 120 valence electrons. The quantitative estimate of drug-likeness (QED) is 0.742. The summed E-state index contributed by atoms with van der Waals surface area (Å²) in [6.07, 6.45) is 0. The van der Waals surface area contributed by atoms with E-state index in [1.807, 2.05) is 14.1 Å². The van der Waals surface area contributed by atoms with Gasteiger partial charge in [0.25, 0.3) is 0 Å². The molecule has 4 atom stereocenters. The number of hydrogen-bond donors (Lipinski definition) is 0. The van der Waals surface area contributed by atoms with Crippen LogP contribution in [0.25, 0.3) is 0 Å². The highest BCUT2D eigenvalue weighted by molar-refractivity contribution is 5.84. The molecule has 2 aliphatic rings. The summed E-state index contributed by atoms with van der Waals surface area (Å²) < 4.78 is 0. The third-order valence-corrected chi connectivity index (χ3v) is 4.46. The molecule has 2 rings (SSSR count). The van der Waals surface area contributed by atoms with Gasteiger partial charge >= 0.3 is 0 Å². The zero-order valence-electron chi connectivity index (χ0n) is 14.0. The molecule has 2 aliphatic heterocycles. The van der Waals surface area contributed by atoms with Crippen molar-refractivity contribution in [1.82, 2.24) is 19.6 Å². The number of amides is 2. The Morgan fingerprint density at radius 2 is 1.10 bits per heavy atom. The second kappa shape index (κ2) is 5.93. The highest BCUT2D eigenvalue weighted by atomic mass is 16.2. The summed E-state index contributed by atoms with van der Waals surface area (Å²) in [5.74, 6) is 0.744. The lowest BCUT2D eigenvalue weighted by Crippen LogP contribution is -2.53. The molecule has 0 saturated carbocycles. The van der Waals surface area contributed by atoms with Gasteiger partial charge in [-0.25, -0.2) is 0 Å². The van der Waals surface area contributed by atoms with Gasteiger partial charge in [-0.1, -0.05) is 27.7 Å². The van der Waals surface area contributed by atoms with Crippen LogP contribution in [-0.2, 0) is 9.59 Å². The fraction of sp³-hybridized carbons (Fsp3) is 0.867. The van der Waals surface area contributed by atoms with E-state index in [1.165, 1.54) is 0 Å². The van der Waals surface area contributed by atoms with Gasteiger partial charge < -0.3 is 9.80 Å². The summed E-state index contributed by atoms with van der Waals surface area (Å²) in [4.78, 5) is 33.1. The monoisotopic (exact) mass is 296 g/mol. The molecule has 2 saturated heterocycles. The molecular formula is C15H28N4O2. The van der Waals surface area contributed by atoms with Crippen molar-refractivity contribution in [2.45, 2.75) is 39.8 Å². The first-order valence-corrected chi connectivity index (χ1v) is 7.72. The normalized spacial score (nSPS) is 34.5. The zero-order chi connectivity index (χ0) is 15.9. The summed E-state index contributed by atoms with van der Waals surface area (Å²) in [5, 5.41) is 0. The van der Waals surface area contributed by atoms with Crippen LogP contribution in [0.5, 0.6) is 0 Å². The van der Waals surface area contributed by atoms with E-state index in [1.54, 1.807) is 9.80 Å².